The number of piperidine rings is 1. The molecule has 0 bridgehead atoms. The molecule has 2 aliphatic rings. The summed E-state index contributed by atoms with van der Waals surface area (Å²) in [6.07, 6.45) is 5.85. The molecule has 5 nitrogen and oxygen atoms in total. The van der Waals surface area contributed by atoms with E-state index in [9.17, 15) is 4.79 Å². The Balaban J connectivity index is 1.43. The summed E-state index contributed by atoms with van der Waals surface area (Å²) in [6, 6.07) is 20.1. The van der Waals surface area contributed by atoms with Crippen LogP contribution >= 0.6 is 11.6 Å². The lowest BCUT2D eigenvalue weighted by atomic mass is 9.75. The van der Waals surface area contributed by atoms with Crippen molar-refractivity contribution in [2.75, 3.05) is 24.5 Å². The van der Waals surface area contributed by atoms with Gasteiger partial charge in [0.2, 0.25) is 0 Å². The van der Waals surface area contributed by atoms with Crippen LogP contribution in [0.15, 0.2) is 73.1 Å². The minimum atomic E-state index is 0.0349. The Morgan fingerprint density at radius 1 is 1.06 bits per heavy atom. The molecule has 2 aliphatic heterocycles. The lowest BCUT2D eigenvalue weighted by Gasteiger charge is -2.34. The molecule has 1 fully saturated rings. The molecule has 0 atom stereocenters. The Labute approximate surface area is 198 Å². The summed E-state index contributed by atoms with van der Waals surface area (Å²) in [5, 5.41) is 5.05. The Bertz CT molecular complexity index is 1340. The summed E-state index contributed by atoms with van der Waals surface area (Å²) in [5.41, 5.74) is 4.98. The van der Waals surface area contributed by atoms with Crippen LogP contribution in [0.5, 0.6) is 0 Å². The first-order valence-corrected chi connectivity index (χ1v) is 11.8. The van der Waals surface area contributed by atoms with Gasteiger partial charge in [0.1, 0.15) is 0 Å². The van der Waals surface area contributed by atoms with Crippen LogP contribution in [0.2, 0.25) is 5.02 Å². The van der Waals surface area contributed by atoms with Gasteiger partial charge >= 0.3 is 0 Å². The third kappa shape index (κ3) is 3.43. The van der Waals surface area contributed by atoms with Gasteiger partial charge in [0.05, 0.1) is 23.3 Å². The van der Waals surface area contributed by atoms with E-state index in [0.29, 0.717) is 17.1 Å². The SMILES string of the molecule is O=C(c1cn(Cc2ccccn2)c2cc(Cl)ccc12)N1CC2(CCNCC2)c2ccccc21. The summed E-state index contributed by atoms with van der Waals surface area (Å²) in [4.78, 5) is 20.5. The van der Waals surface area contributed by atoms with Crippen molar-refractivity contribution in [1.29, 1.82) is 0 Å². The maximum Gasteiger partial charge on any atom is 0.260 e. The summed E-state index contributed by atoms with van der Waals surface area (Å²) < 4.78 is 2.08. The predicted octanol–water partition coefficient (Wildman–Crippen LogP) is 5.02. The van der Waals surface area contributed by atoms with Crippen LogP contribution in [-0.2, 0) is 12.0 Å². The maximum absolute atomic E-state index is 14.0. The molecule has 1 saturated heterocycles. The van der Waals surface area contributed by atoms with E-state index in [1.165, 1.54) is 5.56 Å². The van der Waals surface area contributed by atoms with Crippen molar-refractivity contribution in [2.24, 2.45) is 0 Å². The molecule has 166 valence electrons. The number of hydrogen-bond donors (Lipinski definition) is 1. The second-order valence-corrected chi connectivity index (χ2v) is 9.53. The lowest BCUT2D eigenvalue weighted by molar-refractivity contribution is 0.0984. The zero-order valence-electron chi connectivity index (χ0n) is 18.3. The number of nitrogens with zero attached hydrogens (tertiary/aromatic N) is 3. The molecule has 0 saturated carbocycles. The van der Waals surface area contributed by atoms with E-state index in [-0.39, 0.29) is 11.3 Å². The van der Waals surface area contributed by atoms with Crippen molar-refractivity contribution in [3.63, 3.8) is 0 Å². The second kappa shape index (κ2) is 8.01. The first kappa shape index (κ1) is 20.5. The number of benzene rings is 2. The normalized spacial score (nSPS) is 16.9. The van der Waals surface area contributed by atoms with Crippen LogP contribution in [-0.4, -0.2) is 35.1 Å². The van der Waals surface area contributed by atoms with Gasteiger partial charge in [0.15, 0.2) is 0 Å². The van der Waals surface area contributed by atoms with E-state index in [1.807, 2.05) is 53.6 Å². The molecule has 0 unspecified atom stereocenters. The maximum atomic E-state index is 14.0. The lowest BCUT2D eigenvalue weighted by Crippen LogP contribution is -2.44. The minimum absolute atomic E-state index is 0.0349. The molecular formula is C27H25ClN4O. The van der Waals surface area contributed by atoms with Crippen molar-refractivity contribution >= 4 is 34.1 Å². The molecule has 4 aromatic rings. The second-order valence-electron chi connectivity index (χ2n) is 9.09. The smallest absolute Gasteiger partial charge is 0.260 e. The molecule has 1 amide bonds. The highest BCUT2D eigenvalue weighted by molar-refractivity contribution is 6.31. The van der Waals surface area contributed by atoms with Crippen LogP contribution in [0, 0.1) is 0 Å². The number of amides is 1. The number of rotatable bonds is 3. The molecule has 0 aliphatic carbocycles. The monoisotopic (exact) mass is 456 g/mol. The van der Waals surface area contributed by atoms with Gasteiger partial charge in [-0.2, -0.15) is 0 Å². The molecule has 33 heavy (non-hydrogen) atoms. The largest absolute Gasteiger partial charge is 0.341 e. The molecule has 2 aromatic carbocycles. The number of pyridine rings is 1. The average Bonchev–Trinajstić information content (AvgIpc) is 3.36. The quantitative estimate of drug-likeness (QED) is 0.471. The summed E-state index contributed by atoms with van der Waals surface area (Å²) in [6.45, 7) is 3.28. The van der Waals surface area contributed by atoms with E-state index in [0.717, 1.165) is 54.8 Å². The topological polar surface area (TPSA) is 50.2 Å². The molecule has 2 aromatic heterocycles. The first-order valence-electron chi connectivity index (χ1n) is 11.5. The summed E-state index contributed by atoms with van der Waals surface area (Å²) in [5.74, 6) is 0.0463. The highest BCUT2D eigenvalue weighted by atomic mass is 35.5. The van der Waals surface area contributed by atoms with E-state index < -0.39 is 0 Å². The fourth-order valence-corrected chi connectivity index (χ4v) is 5.69. The Morgan fingerprint density at radius 3 is 2.70 bits per heavy atom. The number of anilines is 1. The van der Waals surface area contributed by atoms with Crippen molar-refractivity contribution in [3.05, 3.63) is 94.9 Å². The number of hydrogen-bond acceptors (Lipinski definition) is 3. The standard InChI is InChI=1S/C27H25ClN4O/c28-19-8-9-21-22(17-31(25(21)15-19)16-20-5-3-4-12-30-20)26(33)32-18-27(10-13-29-14-11-27)23-6-1-2-7-24(23)32/h1-9,12,15,17,29H,10-11,13-14,16,18H2. The molecule has 1 spiro atoms. The van der Waals surface area contributed by atoms with Gasteiger partial charge in [-0.15, -0.1) is 0 Å². The summed E-state index contributed by atoms with van der Waals surface area (Å²) >= 11 is 6.34. The zero-order chi connectivity index (χ0) is 22.4. The number of fused-ring (bicyclic) bond motifs is 3. The highest BCUT2D eigenvalue weighted by Crippen LogP contribution is 2.46. The third-order valence-electron chi connectivity index (χ3n) is 7.17. The van der Waals surface area contributed by atoms with Gasteiger partial charge in [-0.05, 0) is 61.8 Å². The van der Waals surface area contributed by atoms with E-state index in [2.05, 4.69) is 33.1 Å². The number of halogens is 1. The fraction of sp³-hybridized carbons (Fsp3) is 0.259. The number of aromatic nitrogens is 2. The number of carbonyl (C=O) groups is 1. The van der Waals surface area contributed by atoms with Gasteiger partial charge in [0, 0.05) is 40.4 Å². The van der Waals surface area contributed by atoms with Crippen molar-refractivity contribution in [1.82, 2.24) is 14.9 Å². The first-order chi connectivity index (χ1) is 16.1. The molecule has 1 N–H and O–H groups in total. The molecule has 4 heterocycles. The minimum Gasteiger partial charge on any atom is -0.341 e. The fourth-order valence-electron chi connectivity index (χ4n) is 5.52. The molecule has 6 heteroatoms. The van der Waals surface area contributed by atoms with Crippen molar-refractivity contribution < 1.29 is 4.79 Å². The van der Waals surface area contributed by atoms with Crippen LogP contribution in [0.1, 0.15) is 34.5 Å². The van der Waals surface area contributed by atoms with Crippen LogP contribution in [0.25, 0.3) is 10.9 Å². The van der Waals surface area contributed by atoms with Gasteiger partial charge in [-0.1, -0.05) is 41.9 Å². The molecular weight excluding hydrogens is 432 g/mol. The van der Waals surface area contributed by atoms with E-state index >= 15 is 0 Å². The van der Waals surface area contributed by atoms with Crippen LogP contribution in [0.4, 0.5) is 5.69 Å². The van der Waals surface area contributed by atoms with Gasteiger partial charge in [-0.25, -0.2) is 0 Å². The van der Waals surface area contributed by atoms with Gasteiger partial charge in [0.25, 0.3) is 5.91 Å². The van der Waals surface area contributed by atoms with E-state index in [4.69, 9.17) is 11.6 Å². The number of para-hydroxylation sites is 1. The van der Waals surface area contributed by atoms with Crippen molar-refractivity contribution in [3.8, 4) is 0 Å². The summed E-state index contributed by atoms with van der Waals surface area (Å²) in [7, 11) is 0. The number of nitrogens with one attached hydrogen (secondary N) is 1. The molecule has 0 radical (unpaired) electrons. The van der Waals surface area contributed by atoms with E-state index in [1.54, 1.807) is 6.20 Å². The third-order valence-corrected chi connectivity index (χ3v) is 7.40. The van der Waals surface area contributed by atoms with Crippen molar-refractivity contribution in [2.45, 2.75) is 24.8 Å². The van der Waals surface area contributed by atoms with Crippen LogP contribution in [0.3, 0.4) is 0 Å². The molecule has 6 rings (SSSR count). The zero-order valence-corrected chi connectivity index (χ0v) is 19.1. The Morgan fingerprint density at radius 2 is 1.88 bits per heavy atom. The average molecular weight is 457 g/mol. The van der Waals surface area contributed by atoms with Gasteiger partial charge < -0.3 is 14.8 Å². The highest BCUT2D eigenvalue weighted by Gasteiger charge is 2.45. The van der Waals surface area contributed by atoms with Crippen LogP contribution < -0.4 is 10.2 Å². The predicted molar refractivity (Wildman–Crippen MR) is 132 cm³/mol. The Kier molecular flexibility index (Phi) is 4.97. The number of carbonyl (C=O) groups excluding carboxylic acids is 1. The Hall–Kier alpha value is -3.15. The van der Waals surface area contributed by atoms with Gasteiger partial charge in [-0.3, -0.25) is 9.78 Å².